The molecule has 2 unspecified atom stereocenters. The lowest BCUT2D eigenvalue weighted by Gasteiger charge is -2.33. The van der Waals surface area contributed by atoms with Gasteiger partial charge in [0.25, 0.3) is 5.91 Å². The van der Waals surface area contributed by atoms with Gasteiger partial charge < -0.3 is 24.2 Å². The molecule has 0 N–H and O–H groups in total. The summed E-state index contributed by atoms with van der Waals surface area (Å²) in [4.78, 5) is 33.4. The largest absolute Gasteiger partial charge is 0.497 e. The summed E-state index contributed by atoms with van der Waals surface area (Å²) in [5.41, 5.74) is 1.68. The van der Waals surface area contributed by atoms with E-state index < -0.39 is 17.3 Å². The summed E-state index contributed by atoms with van der Waals surface area (Å²) >= 11 is 7.85. The molecule has 1 fully saturated rings. The van der Waals surface area contributed by atoms with Gasteiger partial charge in [-0.05, 0) is 55.9 Å². The van der Waals surface area contributed by atoms with Crippen LogP contribution in [-0.2, 0) is 14.3 Å². The second-order valence-corrected chi connectivity index (χ2v) is 10.6. The van der Waals surface area contributed by atoms with Gasteiger partial charge in [-0.15, -0.1) is 11.8 Å². The second kappa shape index (κ2) is 11.6. The fourth-order valence-corrected chi connectivity index (χ4v) is 6.08. The van der Waals surface area contributed by atoms with Crippen LogP contribution in [0.3, 0.4) is 0 Å². The van der Waals surface area contributed by atoms with Gasteiger partial charge in [0, 0.05) is 49.6 Å². The van der Waals surface area contributed by atoms with E-state index in [0.717, 1.165) is 61.0 Å². The number of anilines is 1. The molecule has 4 rings (SSSR count). The number of rotatable bonds is 7. The van der Waals surface area contributed by atoms with E-state index in [1.807, 2.05) is 36.4 Å². The van der Waals surface area contributed by atoms with E-state index in [2.05, 4.69) is 16.8 Å². The Morgan fingerprint density at radius 2 is 1.80 bits per heavy atom. The molecule has 2 aliphatic rings. The van der Waals surface area contributed by atoms with Gasteiger partial charge in [0.15, 0.2) is 6.10 Å². The predicted molar refractivity (Wildman–Crippen MR) is 140 cm³/mol. The molecule has 2 atom stereocenters. The molecule has 2 heterocycles. The number of fused-ring (bicyclic) bond motifs is 1. The molecule has 2 aliphatic heterocycles. The van der Waals surface area contributed by atoms with Crippen LogP contribution in [0.4, 0.5) is 5.69 Å². The number of amides is 1. The fraction of sp³-hybridized carbons (Fsp3) is 0.462. The Hall–Kier alpha value is -2.26. The van der Waals surface area contributed by atoms with Crippen LogP contribution in [0.25, 0.3) is 0 Å². The number of thioether (sulfide) groups is 1. The van der Waals surface area contributed by atoms with Gasteiger partial charge >= 0.3 is 5.97 Å². The van der Waals surface area contributed by atoms with Crippen molar-refractivity contribution in [1.82, 2.24) is 9.80 Å². The lowest BCUT2D eigenvalue weighted by atomic mass is 10.1. The molecule has 2 aromatic carbocycles. The third-order valence-electron chi connectivity index (χ3n) is 6.44. The number of likely N-dealkylation sites (N-methyl/N-ethyl adjacent to an activating group) is 1. The third-order valence-corrected chi connectivity index (χ3v) is 8.03. The van der Waals surface area contributed by atoms with Crippen molar-refractivity contribution in [3.8, 4) is 5.75 Å². The van der Waals surface area contributed by atoms with Gasteiger partial charge in [0.2, 0.25) is 0 Å². The first-order valence-corrected chi connectivity index (χ1v) is 13.1. The van der Waals surface area contributed by atoms with Crippen LogP contribution in [-0.4, -0.2) is 81.2 Å². The quantitative estimate of drug-likeness (QED) is 0.512. The van der Waals surface area contributed by atoms with Gasteiger partial charge in [0.05, 0.1) is 18.0 Å². The standard InChI is InChI=1S/C26H32ClN3O4S/c1-18(31)34-24-25(19-5-8-21(33-3)9-6-19)35-23-17-20(27)7-10-22(23)30(26(24)32)12-4-11-29-15-13-28(2)14-16-29/h5-10,17,24-25H,4,11-16H2,1-3H3. The van der Waals surface area contributed by atoms with Crippen molar-refractivity contribution >= 4 is 40.9 Å². The minimum atomic E-state index is -0.958. The van der Waals surface area contributed by atoms with Crippen LogP contribution >= 0.6 is 23.4 Å². The normalized spacial score (nSPS) is 21.4. The number of ether oxygens (including phenoxy) is 2. The highest BCUT2D eigenvalue weighted by molar-refractivity contribution is 7.99. The van der Waals surface area contributed by atoms with Crippen molar-refractivity contribution in [3.63, 3.8) is 0 Å². The van der Waals surface area contributed by atoms with E-state index in [-0.39, 0.29) is 5.91 Å². The number of methoxy groups -OCH3 is 1. The van der Waals surface area contributed by atoms with Crippen molar-refractivity contribution < 1.29 is 19.1 Å². The molecule has 0 aromatic heterocycles. The molecule has 35 heavy (non-hydrogen) atoms. The van der Waals surface area contributed by atoms with Gasteiger partial charge in [0.1, 0.15) is 5.75 Å². The van der Waals surface area contributed by atoms with Crippen molar-refractivity contribution in [1.29, 1.82) is 0 Å². The van der Waals surface area contributed by atoms with E-state index in [1.165, 1.54) is 18.7 Å². The van der Waals surface area contributed by atoms with Crippen molar-refractivity contribution in [3.05, 3.63) is 53.1 Å². The van der Waals surface area contributed by atoms with Crippen LogP contribution in [0.2, 0.25) is 5.02 Å². The van der Waals surface area contributed by atoms with Gasteiger partial charge in [-0.3, -0.25) is 9.59 Å². The lowest BCUT2D eigenvalue weighted by Crippen LogP contribution is -2.46. The van der Waals surface area contributed by atoms with E-state index in [4.69, 9.17) is 21.1 Å². The summed E-state index contributed by atoms with van der Waals surface area (Å²) in [6.45, 7) is 6.96. The van der Waals surface area contributed by atoms with Gasteiger partial charge in [-0.25, -0.2) is 0 Å². The van der Waals surface area contributed by atoms with Crippen LogP contribution in [0, 0.1) is 0 Å². The van der Waals surface area contributed by atoms with E-state index >= 15 is 0 Å². The number of esters is 1. The summed E-state index contributed by atoms with van der Waals surface area (Å²) in [5.74, 6) is 0.0218. The highest BCUT2D eigenvalue weighted by atomic mass is 35.5. The Labute approximate surface area is 216 Å². The van der Waals surface area contributed by atoms with Crippen molar-refractivity contribution in [2.24, 2.45) is 0 Å². The number of halogens is 1. The van der Waals surface area contributed by atoms with E-state index in [1.54, 1.807) is 18.1 Å². The summed E-state index contributed by atoms with van der Waals surface area (Å²) in [5, 5.41) is 0.178. The highest BCUT2D eigenvalue weighted by Crippen LogP contribution is 2.47. The number of benzene rings is 2. The molecular weight excluding hydrogens is 486 g/mol. The second-order valence-electron chi connectivity index (χ2n) is 8.94. The molecule has 0 spiro atoms. The van der Waals surface area contributed by atoms with Crippen LogP contribution < -0.4 is 9.64 Å². The van der Waals surface area contributed by atoms with Crippen LogP contribution in [0.1, 0.15) is 24.2 Å². The Kier molecular flexibility index (Phi) is 8.59. The minimum Gasteiger partial charge on any atom is -0.497 e. The summed E-state index contributed by atoms with van der Waals surface area (Å²) < 4.78 is 11.0. The first-order chi connectivity index (χ1) is 16.9. The monoisotopic (exact) mass is 517 g/mol. The average Bonchev–Trinajstić information content (AvgIpc) is 2.95. The Morgan fingerprint density at radius 1 is 1.09 bits per heavy atom. The summed E-state index contributed by atoms with van der Waals surface area (Å²) in [6.07, 6.45) is -0.136. The smallest absolute Gasteiger partial charge is 0.303 e. The zero-order valence-electron chi connectivity index (χ0n) is 20.4. The molecule has 9 heteroatoms. The zero-order valence-corrected chi connectivity index (χ0v) is 22.0. The third kappa shape index (κ3) is 6.30. The first-order valence-electron chi connectivity index (χ1n) is 11.9. The van der Waals surface area contributed by atoms with E-state index in [0.29, 0.717) is 11.6 Å². The van der Waals surface area contributed by atoms with Crippen LogP contribution in [0.5, 0.6) is 5.75 Å². The molecule has 0 saturated carbocycles. The number of piperazine rings is 1. The lowest BCUT2D eigenvalue weighted by molar-refractivity contribution is -0.152. The molecular formula is C26H32ClN3O4S. The van der Waals surface area contributed by atoms with Gasteiger partial charge in [-0.2, -0.15) is 0 Å². The maximum atomic E-state index is 13.9. The number of carbonyl (C=O) groups excluding carboxylic acids is 2. The molecule has 0 radical (unpaired) electrons. The number of hydrogen-bond acceptors (Lipinski definition) is 7. The fourth-order valence-electron chi connectivity index (χ4n) is 4.49. The maximum absolute atomic E-state index is 13.9. The Balaban J connectivity index is 1.62. The molecule has 1 saturated heterocycles. The zero-order chi connectivity index (χ0) is 24.9. The van der Waals surface area contributed by atoms with Crippen LogP contribution in [0.15, 0.2) is 47.4 Å². The summed E-state index contributed by atoms with van der Waals surface area (Å²) in [7, 11) is 3.75. The Bertz CT molecular complexity index is 1040. The molecule has 0 bridgehead atoms. The SMILES string of the molecule is COc1ccc(C2Sc3cc(Cl)ccc3N(CCCN3CCN(C)CC3)C(=O)C2OC(C)=O)cc1. The minimum absolute atomic E-state index is 0.215. The molecule has 1 amide bonds. The predicted octanol–water partition coefficient (Wildman–Crippen LogP) is 4.10. The molecule has 7 nitrogen and oxygen atoms in total. The maximum Gasteiger partial charge on any atom is 0.303 e. The summed E-state index contributed by atoms with van der Waals surface area (Å²) in [6, 6.07) is 13.1. The number of nitrogens with zero attached hydrogens (tertiary/aromatic N) is 3. The molecule has 188 valence electrons. The molecule has 2 aromatic rings. The average molecular weight is 518 g/mol. The molecule has 0 aliphatic carbocycles. The highest BCUT2D eigenvalue weighted by Gasteiger charge is 2.40. The first kappa shape index (κ1) is 25.8. The number of hydrogen-bond donors (Lipinski definition) is 0. The van der Waals surface area contributed by atoms with Crippen molar-refractivity contribution in [2.75, 3.05) is 58.3 Å². The number of carbonyl (C=O) groups is 2. The van der Waals surface area contributed by atoms with E-state index in [9.17, 15) is 9.59 Å². The Morgan fingerprint density at radius 3 is 2.46 bits per heavy atom. The topological polar surface area (TPSA) is 62.3 Å². The van der Waals surface area contributed by atoms with Crippen molar-refractivity contribution in [2.45, 2.75) is 29.6 Å². The van der Waals surface area contributed by atoms with Gasteiger partial charge in [-0.1, -0.05) is 23.7 Å².